The fourth-order valence-electron chi connectivity index (χ4n) is 2.29. The Morgan fingerprint density at radius 2 is 1.71 bits per heavy atom. The van der Waals surface area contributed by atoms with Crippen molar-refractivity contribution >= 4 is 39.1 Å². The van der Waals surface area contributed by atoms with Crippen molar-refractivity contribution < 1.29 is 4.74 Å². The van der Waals surface area contributed by atoms with Crippen LogP contribution in [0.2, 0.25) is 10.0 Å². The summed E-state index contributed by atoms with van der Waals surface area (Å²) in [4.78, 5) is 0. The van der Waals surface area contributed by atoms with Crippen LogP contribution in [-0.4, -0.2) is 11.9 Å². The Morgan fingerprint density at radius 3 is 2.24 bits per heavy atom. The van der Waals surface area contributed by atoms with Gasteiger partial charge in [0.15, 0.2) is 0 Å². The van der Waals surface area contributed by atoms with Crippen molar-refractivity contribution in [2.75, 3.05) is 11.9 Å². The van der Waals surface area contributed by atoms with Crippen LogP contribution >= 0.6 is 39.1 Å². The molecule has 0 aliphatic heterocycles. The van der Waals surface area contributed by atoms with Crippen molar-refractivity contribution in [2.24, 2.45) is 5.41 Å². The molecule has 0 aromatic heterocycles. The summed E-state index contributed by atoms with van der Waals surface area (Å²) in [5, 5.41) is 2.23. The van der Waals surface area contributed by atoms with E-state index >= 15 is 0 Å². The lowest BCUT2D eigenvalue weighted by atomic mass is 9.90. The van der Waals surface area contributed by atoms with Crippen molar-refractivity contribution in [1.82, 2.24) is 0 Å². The fraction of sp³-hybridized carbons (Fsp3) is 0.538. The Hall–Kier alpha value is 0.0800. The summed E-state index contributed by atoms with van der Waals surface area (Å²) >= 11 is 15.5. The van der Waals surface area contributed by atoms with Gasteiger partial charge in [0.2, 0.25) is 0 Å². The molecule has 2 rings (SSSR count). The van der Waals surface area contributed by atoms with Crippen LogP contribution in [0.15, 0.2) is 18.2 Å². The highest BCUT2D eigenvalue weighted by Crippen LogP contribution is 2.40. The van der Waals surface area contributed by atoms with Gasteiger partial charge < -0.3 is 4.74 Å². The largest absolute Gasteiger partial charge is 0.493 e. The molecule has 4 heteroatoms. The number of hydrogen-bond donors (Lipinski definition) is 0. The molecule has 0 saturated heterocycles. The van der Waals surface area contributed by atoms with E-state index in [9.17, 15) is 0 Å². The molecular weight excluding hydrogens is 323 g/mol. The Labute approximate surface area is 121 Å². The minimum Gasteiger partial charge on any atom is -0.493 e. The Bertz CT molecular complexity index is 369. The summed E-state index contributed by atoms with van der Waals surface area (Å²) in [6.07, 6.45) is 5.05. The van der Waals surface area contributed by atoms with Gasteiger partial charge in [-0.3, -0.25) is 0 Å². The number of rotatable bonds is 4. The zero-order valence-corrected chi connectivity index (χ0v) is 12.6. The van der Waals surface area contributed by atoms with Gasteiger partial charge in [0.1, 0.15) is 5.75 Å². The third-order valence-corrected chi connectivity index (χ3v) is 4.95. The average Bonchev–Trinajstić information content (AvgIpc) is 2.74. The summed E-state index contributed by atoms with van der Waals surface area (Å²) < 4.78 is 5.85. The van der Waals surface area contributed by atoms with E-state index in [0.29, 0.717) is 10.0 Å². The van der Waals surface area contributed by atoms with E-state index in [-0.39, 0.29) is 5.41 Å². The van der Waals surface area contributed by atoms with E-state index in [1.165, 1.54) is 25.7 Å². The molecule has 0 heterocycles. The zero-order chi connectivity index (χ0) is 12.3. The van der Waals surface area contributed by atoms with Gasteiger partial charge in [-0.05, 0) is 31.0 Å². The smallest absolute Gasteiger partial charge is 0.122 e. The number of ether oxygens (including phenoxy) is 1. The van der Waals surface area contributed by atoms with Gasteiger partial charge in [0.05, 0.1) is 6.61 Å². The molecule has 0 spiro atoms. The monoisotopic (exact) mass is 336 g/mol. The van der Waals surface area contributed by atoms with Gasteiger partial charge in [-0.25, -0.2) is 0 Å². The van der Waals surface area contributed by atoms with Crippen LogP contribution in [0.25, 0.3) is 0 Å². The molecule has 1 aliphatic carbocycles. The highest BCUT2D eigenvalue weighted by molar-refractivity contribution is 9.09. The van der Waals surface area contributed by atoms with Crippen LogP contribution in [0.5, 0.6) is 5.75 Å². The highest BCUT2D eigenvalue weighted by Gasteiger charge is 2.33. The van der Waals surface area contributed by atoms with E-state index in [2.05, 4.69) is 15.9 Å². The SMILES string of the molecule is Clc1cc(Cl)cc(OCC2(CBr)CCCC2)c1. The normalized spacial score (nSPS) is 18.3. The lowest BCUT2D eigenvalue weighted by molar-refractivity contribution is 0.174. The average molecular weight is 338 g/mol. The van der Waals surface area contributed by atoms with Gasteiger partial charge in [0, 0.05) is 20.8 Å². The van der Waals surface area contributed by atoms with Crippen LogP contribution in [-0.2, 0) is 0 Å². The zero-order valence-electron chi connectivity index (χ0n) is 9.52. The number of halogens is 3. The molecule has 1 saturated carbocycles. The summed E-state index contributed by atoms with van der Waals surface area (Å²) in [6, 6.07) is 5.33. The van der Waals surface area contributed by atoms with Crippen LogP contribution in [0.3, 0.4) is 0 Å². The summed E-state index contributed by atoms with van der Waals surface area (Å²) in [7, 11) is 0. The summed E-state index contributed by atoms with van der Waals surface area (Å²) in [6.45, 7) is 0.731. The Kier molecular flexibility index (Phi) is 4.62. The maximum Gasteiger partial charge on any atom is 0.122 e. The molecule has 0 atom stereocenters. The molecule has 94 valence electrons. The fourth-order valence-corrected chi connectivity index (χ4v) is 3.52. The van der Waals surface area contributed by atoms with Crippen LogP contribution in [0.1, 0.15) is 25.7 Å². The van der Waals surface area contributed by atoms with E-state index in [0.717, 1.165) is 17.7 Å². The molecule has 1 aromatic carbocycles. The van der Waals surface area contributed by atoms with Gasteiger partial charge >= 0.3 is 0 Å². The third-order valence-electron chi connectivity index (χ3n) is 3.33. The molecule has 17 heavy (non-hydrogen) atoms. The van der Waals surface area contributed by atoms with Crippen molar-refractivity contribution in [3.63, 3.8) is 0 Å². The molecule has 0 N–H and O–H groups in total. The minimum atomic E-state index is 0.287. The lowest BCUT2D eigenvalue weighted by Gasteiger charge is -2.26. The van der Waals surface area contributed by atoms with Crippen molar-refractivity contribution in [3.05, 3.63) is 28.2 Å². The van der Waals surface area contributed by atoms with Gasteiger partial charge in [-0.2, -0.15) is 0 Å². The molecule has 0 bridgehead atoms. The van der Waals surface area contributed by atoms with Crippen LogP contribution < -0.4 is 4.74 Å². The lowest BCUT2D eigenvalue weighted by Crippen LogP contribution is -2.26. The highest BCUT2D eigenvalue weighted by atomic mass is 79.9. The molecule has 1 fully saturated rings. The molecule has 1 nitrogen and oxygen atoms in total. The molecule has 0 unspecified atom stereocenters. The summed E-state index contributed by atoms with van der Waals surface area (Å²) in [5.41, 5.74) is 0.287. The topological polar surface area (TPSA) is 9.23 Å². The van der Waals surface area contributed by atoms with Crippen molar-refractivity contribution in [3.8, 4) is 5.75 Å². The van der Waals surface area contributed by atoms with Crippen LogP contribution in [0, 0.1) is 5.41 Å². The predicted octanol–water partition coefficient (Wildman–Crippen LogP) is 5.33. The number of benzene rings is 1. The first kappa shape index (κ1) is 13.5. The maximum absolute atomic E-state index is 5.94. The minimum absolute atomic E-state index is 0.287. The maximum atomic E-state index is 5.94. The number of hydrogen-bond acceptors (Lipinski definition) is 1. The molecule has 0 radical (unpaired) electrons. The second kappa shape index (κ2) is 5.81. The Balaban J connectivity index is 2.01. The summed E-state index contributed by atoms with van der Waals surface area (Å²) in [5.74, 6) is 0.759. The van der Waals surface area contributed by atoms with Gasteiger partial charge in [-0.15, -0.1) is 0 Å². The molecule has 0 amide bonds. The number of alkyl halides is 1. The first-order chi connectivity index (χ1) is 8.13. The standard InChI is InChI=1S/C13H15BrCl2O/c14-8-13(3-1-2-4-13)9-17-12-6-10(15)5-11(16)7-12/h5-7H,1-4,8-9H2. The van der Waals surface area contributed by atoms with E-state index in [1.807, 2.05) is 12.1 Å². The van der Waals surface area contributed by atoms with E-state index < -0.39 is 0 Å². The third kappa shape index (κ3) is 3.52. The molecule has 1 aliphatic rings. The molecular formula is C13H15BrCl2O. The molecule has 1 aromatic rings. The van der Waals surface area contributed by atoms with Crippen molar-refractivity contribution in [2.45, 2.75) is 25.7 Å². The van der Waals surface area contributed by atoms with Gasteiger partial charge in [0.25, 0.3) is 0 Å². The van der Waals surface area contributed by atoms with E-state index in [1.54, 1.807) is 6.07 Å². The van der Waals surface area contributed by atoms with E-state index in [4.69, 9.17) is 27.9 Å². The van der Waals surface area contributed by atoms with Crippen molar-refractivity contribution in [1.29, 1.82) is 0 Å². The first-order valence-corrected chi connectivity index (χ1v) is 7.66. The Morgan fingerprint density at radius 1 is 1.12 bits per heavy atom. The predicted molar refractivity (Wildman–Crippen MR) is 76.7 cm³/mol. The van der Waals surface area contributed by atoms with Crippen LogP contribution in [0.4, 0.5) is 0 Å². The van der Waals surface area contributed by atoms with Gasteiger partial charge in [-0.1, -0.05) is 52.0 Å². The first-order valence-electron chi connectivity index (χ1n) is 5.78. The second-order valence-electron chi connectivity index (χ2n) is 4.73. The quantitative estimate of drug-likeness (QED) is 0.675. The second-order valence-corrected chi connectivity index (χ2v) is 6.17.